The Hall–Kier alpha value is -4.55. The van der Waals surface area contributed by atoms with Crippen molar-refractivity contribution in [1.82, 2.24) is 14.9 Å². The van der Waals surface area contributed by atoms with E-state index in [0.717, 1.165) is 48.8 Å². The Morgan fingerprint density at radius 1 is 0.881 bits per heavy atom. The van der Waals surface area contributed by atoms with Crippen LogP contribution in [0.2, 0.25) is 0 Å². The van der Waals surface area contributed by atoms with E-state index in [1.165, 1.54) is 5.56 Å². The highest BCUT2D eigenvalue weighted by Crippen LogP contribution is 2.26. The van der Waals surface area contributed by atoms with Crippen LogP contribution in [0.4, 0.5) is 11.8 Å². The molecular weight excluding hydrogens is 518 g/mol. The lowest BCUT2D eigenvalue weighted by Gasteiger charge is -2.34. The van der Waals surface area contributed by atoms with Gasteiger partial charge in [-0.3, -0.25) is 14.6 Å². The number of piperidine rings is 1. The zero-order valence-corrected chi connectivity index (χ0v) is 24.1. The molecule has 6 heteroatoms. The number of likely N-dealkylation sites (tertiary alicyclic amines) is 1. The fourth-order valence-corrected chi connectivity index (χ4v) is 5.77. The van der Waals surface area contributed by atoms with E-state index in [1.54, 1.807) is 6.20 Å². The van der Waals surface area contributed by atoms with Gasteiger partial charge in [-0.1, -0.05) is 91.0 Å². The highest BCUT2D eigenvalue weighted by molar-refractivity contribution is 6.07. The Kier molecular flexibility index (Phi) is 8.52. The molecule has 5 aromatic rings. The maximum atomic E-state index is 14.2. The minimum absolute atomic E-state index is 0.0278. The number of amides is 1. The van der Waals surface area contributed by atoms with Gasteiger partial charge in [0.05, 0.1) is 6.04 Å². The molecule has 0 spiro atoms. The molecule has 212 valence electrons. The van der Waals surface area contributed by atoms with Crippen LogP contribution in [0.25, 0.3) is 10.8 Å². The van der Waals surface area contributed by atoms with Gasteiger partial charge in [-0.15, -0.1) is 0 Å². The Bertz CT molecular complexity index is 1620. The van der Waals surface area contributed by atoms with Gasteiger partial charge in [0, 0.05) is 24.8 Å². The van der Waals surface area contributed by atoms with Crippen LogP contribution in [0.3, 0.4) is 0 Å². The highest BCUT2D eigenvalue weighted by Gasteiger charge is 2.27. The molecule has 0 bridgehead atoms. The van der Waals surface area contributed by atoms with E-state index in [9.17, 15) is 4.79 Å². The van der Waals surface area contributed by atoms with Crippen molar-refractivity contribution in [3.63, 3.8) is 0 Å². The van der Waals surface area contributed by atoms with Gasteiger partial charge in [0.1, 0.15) is 5.82 Å². The van der Waals surface area contributed by atoms with E-state index >= 15 is 0 Å². The average molecular weight is 556 g/mol. The first kappa shape index (κ1) is 27.6. The molecule has 1 N–H and O–H groups in total. The van der Waals surface area contributed by atoms with Gasteiger partial charge < -0.3 is 5.32 Å². The molecule has 1 aliphatic heterocycles. The van der Waals surface area contributed by atoms with E-state index in [-0.39, 0.29) is 11.9 Å². The first-order valence-electron chi connectivity index (χ1n) is 14.8. The van der Waals surface area contributed by atoms with Crippen molar-refractivity contribution in [2.45, 2.75) is 32.4 Å². The zero-order chi connectivity index (χ0) is 28.7. The number of carbonyl (C=O) groups is 1. The molecule has 0 unspecified atom stereocenters. The van der Waals surface area contributed by atoms with Gasteiger partial charge in [-0.2, -0.15) is 4.98 Å². The third kappa shape index (κ3) is 6.67. The second-order valence-electron chi connectivity index (χ2n) is 11.2. The molecule has 0 aliphatic carbocycles. The Morgan fingerprint density at radius 2 is 1.57 bits per heavy atom. The lowest BCUT2D eigenvalue weighted by atomic mass is 9.95. The van der Waals surface area contributed by atoms with Crippen LogP contribution in [0.1, 0.15) is 47.3 Å². The molecule has 1 amide bonds. The van der Waals surface area contributed by atoms with Gasteiger partial charge in [0.15, 0.2) is 0 Å². The minimum Gasteiger partial charge on any atom is -0.348 e. The first-order chi connectivity index (χ1) is 20.6. The summed E-state index contributed by atoms with van der Waals surface area (Å²) in [5.74, 6) is 1.49. The Morgan fingerprint density at radius 3 is 2.33 bits per heavy atom. The number of hydrogen-bond acceptors (Lipinski definition) is 5. The van der Waals surface area contributed by atoms with Gasteiger partial charge >= 0.3 is 0 Å². The van der Waals surface area contributed by atoms with Gasteiger partial charge in [0.25, 0.3) is 5.91 Å². The molecule has 1 fully saturated rings. The lowest BCUT2D eigenvalue weighted by Crippen LogP contribution is -2.41. The summed E-state index contributed by atoms with van der Waals surface area (Å²) in [5.41, 5.74) is 3.16. The summed E-state index contributed by atoms with van der Waals surface area (Å²) < 4.78 is 0. The first-order valence-corrected chi connectivity index (χ1v) is 14.8. The summed E-state index contributed by atoms with van der Waals surface area (Å²) in [7, 11) is 0. The number of nitrogens with zero attached hydrogens (tertiary/aromatic N) is 4. The molecule has 0 radical (unpaired) electrons. The molecule has 0 saturated carbocycles. The summed E-state index contributed by atoms with van der Waals surface area (Å²) in [6, 6.07) is 36.9. The summed E-state index contributed by atoms with van der Waals surface area (Å²) >= 11 is 0. The van der Waals surface area contributed by atoms with Crippen molar-refractivity contribution in [1.29, 1.82) is 0 Å². The maximum absolute atomic E-state index is 14.2. The summed E-state index contributed by atoms with van der Waals surface area (Å²) in [5, 5.41) is 5.60. The van der Waals surface area contributed by atoms with Crippen molar-refractivity contribution < 1.29 is 4.79 Å². The Balaban J connectivity index is 1.22. The molecule has 42 heavy (non-hydrogen) atoms. The van der Waals surface area contributed by atoms with Crippen molar-refractivity contribution in [3.8, 4) is 0 Å². The van der Waals surface area contributed by atoms with Gasteiger partial charge in [-0.05, 0) is 78.9 Å². The number of fused-ring (bicyclic) bond motifs is 1. The minimum atomic E-state index is -0.0340. The number of hydrogen-bond donors (Lipinski definition) is 1. The van der Waals surface area contributed by atoms with Crippen LogP contribution in [-0.2, 0) is 6.54 Å². The fourth-order valence-electron chi connectivity index (χ4n) is 5.77. The van der Waals surface area contributed by atoms with E-state index < -0.39 is 0 Å². The van der Waals surface area contributed by atoms with E-state index in [1.807, 2.05) is 59.5 Å². The smallest absolute Gasteiger partial charge is 0.259 e. The predicted molar refractivity (Wildman–Crippen MR) is 171 cm³/mol. The molecule has 1 aliphatic rings. The van der Waals surface area contributed by atoms with Crippen LogP contribution in [0, 0.1) is 5.92 Å². The molecular formula is C36H37N5O. The Labute approximate surface area is 248 Å². The molecule has 6 rings (SSSR count). The topological polar surface area (TPSA) is 61.4 Å². The number of rotatable bonds is 9. The standard InChI is InChI=1S/C36H37N5O/c1-27(30-12-6-3-7-13-30)38-36-37-21-18-34(39-36)41(35(42)33-17-16-31-14-8-9-15-32(31)24-33)26-29-19-22-40(23-20-29)25-28-10-4-2-5-11-28/h2-18,21,24,27,29H,19-20,22-23,25-26H2,1H3,(H,37,38,39)/t27-/m0/s1. The maximum Gasteiger partial charge on any atom is 0.259 e. The third-order valence-corrected chi connectivity index (χ3v) is 8.20. The summed E-state index contributed by atoms with van der Waals surface area (Å²) in [6.45, 7) is 5.71. The second kappa shape index (κ2) is 13.0. The van der Waals surface area contributed by atoms with Crippen LogP contribution in [0.5, 0.6) is 0 Å². The number of aromatic nitrogens is 2. The lowest BCUT2D eigenvalue weighted by molar-refractivity contribution is 0.0974. The van der Waals surface area contributed by atoms with Crippen molar-refractivity contribution >= 4 is 28.4 Å². The van der Waals surface area contributed by atoms with Crippen LogP contribution < -0.4 is 10.2 Å². The second-order valence-corrected chi connectivity index (χ2v) is 11.2. The molecule has 1 atom stereocenters. The number of carbonyl (C=O) groups excluding carboxylic acids is 1. The van der Waals surface area contributed by atoms with Crippen LogP contribution in [-0.4, -0.2) is 40.4 Å². The largest absolute Gasteiger partial charge is 0.348 e. The highest BCUT2D eigenvalue weighted by atomic mass is 16.2. The summed E-state index contributed by atoms with van der Waals surface area (Å²) in [4.78, 5) is 27.9. The zero-order valence-electron chi connectivity index (χ0n) is 24.1. The van der Waals surface area contributed by atoms with Crippen molar-refractivity contribution in [3.05, 3.63) is 132 Å². The van der Waals surface area contributed by atoms with E-state index in [2.05, 4.69) is 76.7 Å². The van der Waals surface area contributed by atoms with Crippen molar-refractivity contribution in [2.24, 2.45) is 5.92 Å². The SMILES string of the molecule is C[C@H](Nc1nccc(N(CC2CCN(Cc3ccccc3)CC2)C(=O)c2ccc3ccccc3c2)n1)c1ccccc1. The number of benzene rings is 4. The third-order valence-electron chi connectivity index (χ3n) is 8.20. The van der Waals surface area contributed by atoms with E-state index in [0.29, 0.717) is 29.8 Å². The molecule has 2 heterocycles. The fraction of sp³-hybridized carbons (Fsp3) is 0.250. The normalized spacial score (nSPS) is 14.9. The monoisotopic (exact) mass is 555 g/mol. The molecule has 1 saturated heterocycles. The molecule has 4 aromatic carbocycles. The van der Waals surface area contributed by atoms with E-state index in [4.69, 9.17) is 4.98 Å². The molecule has 6 nitrogen and oxygen atoms in total. The molecule has 1 aromatic heterocycles. The van der Waals surface area contributed by atoms with Crippen LogP contribution in [0.15, 0.2) is 115 Å². The quantitative estimate of drug-likeness (QED) is 0.206. The predicted octanol–water partition coefficient (Wildman–Crippen LogP) is 7.36. The van der Waals surface area contributed by atoms with Gasteiger partial charge in [0.2, 0.25) is 5.95 Å². The average Bonchev–Trinajstić information content (AvgIpc) is 3.05. The number of nitrogens with one attached hydrogen (secondary N) is 1. The van der Waals surface area contributed by atoms with Crippen LogP contribution >= 0.6 is 0 Å². The summed E-state index contributed by atoms with van der Waals surface area (Å²) in [6.07, 6.45) is 3.82. The van der Waals surface area contributed by atoms with Crippen molar-refractivity contribution in [2.75, 3.05) is 29.9 Å². The van der Waals surface area contributed by atoms with Gasteiger partial charge in [-0.25, -0.2) is 4.98 Å². The number of anilines is 2.